The number of carboxylic acids is 2. The number of aromatic hydroxyl groups is 1. The Morgan fingerprint density at radius 2 is 1.73 bits per heavy atom. The quantitative estimate of drug-likeness (QED) is 0.233. The molecule has 0 bridgehead atoms. The van der Waals surface area contributed by atoms with E-state index in [0.29, 0.717) is 12.0 Å². The summed E-state index contributed by atoms with van der Waals surface area (Å²) in [7, 11) is 0. The smallest absolute Gasteiger partial charge is 0.326 e. The molecule has 0 aromatic heterocycles. The fourth-order valence-electron chi connectivity index (χ4n) is 3.62. The van der Waals surface area contributed by atoms with Crippen molar-refractivity contribution in [1.82, 2.24) is 15.5 Å². The standard InChI is InChI=1S/C21H28N4O8/c22-11-17(27)23-15(10-12-3-5-13(26)6-4-12)19(30)24-14(7-8-18(28)29)20(31)25-9-1-2-16(25)21(32)33/h3-6,14-16,26H,1-2,7-11,22H2,(H,23,27)(H,24,30)(H,28,29)(H,32,33). The molecule has 0 aliphatic carbocycles. The molecule has 1 aliphatic heterocycles. The number of benzene rings is 1. The van der Waals surface area contributed by atoms with Crippen molar-refractivity contribution in [3.05, 3.63) is 29.8 Å². The molecule has 1 fully saturated rings. The second-order valence-corrected chi connectivity index (χ2v) is 7.72. The largest absolute Gasteiger partial charge is 0.508 e. The summed E-state index contributed by atoms with van der Waals surface area (Å²) in [6, 6.07) is 2.45. The number of likely N-dealkylation sites (tertiary alicyclic amines) is 1. The van der Waals surface area contributed by atoms with Gasteiger partial charge < -0.3 is 36.6 Å². The van der Waals surface area contributed by atoms with Gasteiger partial charge in [-0.15, -0.1) is 0 Å². The molecule has 180 valence electrons. The summed E-state index contributed by atoms with van der Waals surface area (Å²) >= 11 is 0. The third-order valence-electron chi connectivity index (χ3n) is 5.30. The molecule has 3 atom stereocenters. The van der Waals surface area contributed by atoms with E-state index in [-0.39, 0.29) is 38.1 Å². The van der Waals surface area contributed by atoms with E-state index in [1.54, 1.807) is 12.1 Å². The highest BCUT2D eigenvalue weighted by Crippen LogP contribution is 2.20. The maximum absolute atomic E-state index is 13.0. The predicted molar refractivity (Wildman–Crippen MR) is 114 cm³/mol. The van der Waals surface area contributed by atoms with Crippen LogP contribution in [0.4, 0.5) is 0 Å². The molecule has 0 saturated carbocycles. The Hall–Kier alpha value is -3.67. The molecule has 0 spiro atoms. The average Bonchev–Trinajstić information content (AvgIpc) is 3.27. The molecule has 33 heavy (non-hydrogen) atoms. The summed E-state index contributed by atoms with van der Waals surface area (Å²) < 4.78 is 0. The lowest BCUT2D eigenvalue weighted by molar-refractivity contribution is -0.150. The Balaban J connectivity index is 2.21. The van der Waals surface area contributed by atoms with Crippen LogP contribution in [0.5, 0.6) is 5.75 Å². The van der Waals surface area contributed by atoms with Crippen LogP contribution in [-0.4, -0.2) is 81.1 Å². The maximum atomic E-state index is 13.0. The van der Waals surface area contributed by atoms with E-state index in [0.717, 1.165) is 4.90 Å². The topological polar surface area (TPSA) is 199 Å². The van der Waals surface area contributed by atoms with Gasteiger partial charge in [0.25, 0.3) is 0 Å². The van der Waals surface area contributed by atoms with E-state index in [4.69, 9.17) is 10.8 Å². The van der Waals surface area contributed by atoms with Crippen molar-refractivity contribution in [1.29, 1.82) is 0 Å². The SMILES string of the molecule is NCC(=O)NC(Cc1ccc(O)cc1)C(=O)NC(CCC(=O)O)C(=O)N1CCCC1C(=O)O. The van der Waals surface area contributed by atoms with Crippen LogP contribution in [0, 0.1) is 0 Å². The number of nitrogens with one attached hydrogen (secondary N) is 2. The molecule has 1 aliphatic rings. The minimum Gasteiger partial charge on any atom is -0.508 e. The number of carbonyl (C=O) groups excluding carboxylic acids is 3. The summed E-state index contributed by atoms with van der Waals surface area (Å²) in [4.78, 5) is 61.6. The zero-order valence-electron chi connectivity index (χ0n) is 17.9. The molecule has 3 amide bonds. The number of phenols is 1. The van der Waals surface area contributed by atoms with Crippen LogP contribution in [0.1, 0.15) is 31.2 Å². The number of aliphatic carboxylic acids is 2. The molecule has 2 rings (SSSR count). The number of hydrogen-bond acceptors (Lipinski definition) is 7. The zero-order valence-corrected chi connectivity index (χ0v) is 17.9. The zero-order chi connectivity index (χ0) is 24.5. The van der Waals surface area contributed by atoms with Crippen LogP contribution in [0.25, 0.3) is 0 Å². The first-order chi connectivity index (χ1) is 15.6. The van der Waals surface area contributed by atoms with Crippen LogP contribution in [-0.2, 0) is 30.4 Å². The van der Waals surface area contributed by atoms with E-state index >= 15 is 0 Å². The fourth-order valence-corrected chi connectivity index (χ4v) is 3.62. The molecule has 1 saturated heterocycles. The van der Waals surface area contributed by atoms with Crippen molar-refractivity contribution in [2.75, 3.05) is 13.1 Å². The summed E-state index contributed by atoms with van der Waals surface area (Å²) in [5, 5.41) is 32.8. The first kappa shape index (κ1) is 25.6. The van der Waals surface area contributed by atoms with Gasteiger partial charge in [0, 0.05) is 19.4 Å². The van der Waals surface area contributed by atoms with E-state index < -0.39 is 54.2 Å². The van der Waals surface area contributed by atoms with Crippen molar-refractivity contribution < 1.29 is 39.3 Å². The molecule has 3 unspecified atom stereocenters. The van der Waals surface area contributed by atoms with Crippen molar-refractivity contribution in [2.24, 2.45) is 5.73 Å². The third kappa shape index (κ3) is 7.45. The highest BCUT2D eigenvalue weighted by molar-refractivity contribution is 5.94. The van der Waals surface area contributed by atoms with Gasteiger partial charge in [-0.1, -0.05) is 12.1 Å². The van der Waals surface area contributed by atoms with Gasteiger partial charge in [0.05, 0.1) is 6.54 Å². The number of nitrogens with zero attached hydrogens (tertiary/aromatic N) is 1. The third-order valence-corrected chi connectivity index (χ3v) is 5.30. The molecule has 0 radical (unpaired) electrons. The van der Waals surface area contributed by atoms with Gasteiger partial charge in [0.2, 0.25) is 17.7 Å². The number of amides is 3. The van der Waals surface area contributed by atoms with Gasteiger partial charge in [-0.05, 0) is 37.0 Å². The number of carbonyl (C=O) groups is 5. The summed E-state index contributed by atoms with van der Waals surface area (Å²) in [5.74, 6) is -4.40. The van der Waals surface area contributed by atoms with Gasteiger partial charge in [-0.25, -0.2) is 4.79 Å². The van der Waals surface area contributed by atoms with Crippen molar-refractivity contribution in [3.8, 4) is 5.75 Å². The average molecular weight is 464 g/mol. The van der Waals surface area contributed by atoms with E-state index in [1.807, 2.05) is 0 Å². The Labute approximate surface area is 189 Å². The van der Waals surface area contributed by atoms with Crippen LogP contribution in [0.3, 0.4) is 0 Å². The maximum Gasteiger partial charge on any atom is 0.326 e. The molecule has 12 heteroatoms. The van der Waals surface area contributed by atoms with Crippen molar-refractivity contribution >= 4 is 29.7 Å². The number of hydrogen-bond donors (Lipinski definition) is 6. The Bertz CT molecular complexity index is 889. The van der Waals surface area contributed by atoms with Crippen molar-refractivity contribution in [3.63, 3.8) is 0 Å². The minimum absolute atomic E-state index is 0.0131. The van der Waals surface area contributed by atoms with Crippen molar-refractivity contribution in [2.45, 2.75) is 50.2 Å². The Morgan fingerprint density at radius 3 is 2.30 bits per heavy atom. The lowest BCUT2D eigenvalue weighted by Gasteiger charge is -2.28. The van der Waals surface area contributed by atoms with Gasteiger partial charge in [-0.2, -0.15) is 0 Å². The number of carboxylic acid groups (broad SMARTS) is 2. The minimum atomic E-state index is -1.29. The van der Waals surface area contributed by atoms with Gasteiger partial charge in [0.1, 0.15) is 23.9 Å². The highest BCUT2D eigenvalue weighted by atomic mass is 16.4. The number of nitrogens with two attached hydrogens (primary N) is 1. The van der Waals surface area contributed by atoms with Crippen LogP contribution < -0.4 is 16.4 Å². The molecular formula is C21H28N4O8. The molecule has 1 aromatic rings. The molecule has 7 N–H and O–H groups in total. The number of rotatable bonds is 11. The van der Waals surface area contributed by atoms with Crippen LogP contribution in [0.2, 0.25) is 0 Å². The number of phenolic OH excluding ortho intramolecular Hbond substituents is 1. The lowest BCUT2D eigenvalue weighted by atomic mass is 10.0. The predicted octanol–water partition coefficient (Wildman–Crippen LogP) is -1.20. The lowest BCUT2D eigenvalue weighted by Crippen LogP contribution is -2.56. The second kappa shape index (κ2) is 11.8. The highest BCUT2D eigenvalue weighted by Gasteiger charge is 2.38. The second-order valence-electron chi connectivity index (χ2n) is 7.72. The summed E-state index contributed by atoms with van der Waals surface area (Å²) in [6.07, 6.45) is 0.0633. The summed E-state index contributed by atoms with van der Waals surface area (Å²) in [5.41, 5.74) is 5.93. The molecular weight excluding hydrogens is 436 g/mol. The monoisotopic (exact) mass is 464 g/mol. The van der Waals surface area contributed by atoms with Crippen LogP contribution >= 0.6 is 0 Å². The van der Waals surface area contributed by atoms with Gasteiger partial charge >= 0.3 is 11.9 Å². The first-order valence-electron chi connectivity index (χ1n) is 10.4. The first-order valence-corrected chi connectivity index (χ1v) is 10.4. The van der Waals surface area contributed by atoms with E-state index in [1.165, 1.54) is 12.1 Å². The normalized spacial score (nSPS) is 17.1. The van der Waals surface area contributed by atoms with E-state index in [9.17, 15) is 34.2 Å². The molecule has 1 aromatic carbocycles. The summed E-state index contributed by atoms with van der Waals surface area (Å²) in [6.45, 7) is -0.203. The Morgan fingerprint density at radius 1 is 1.06 bits per heavy atom. The van der Waals surface area contributed by atoms with Gasteiger partial charge in [0.15, 0.2) is 0 Å². The van der Waals surface area contributed by atoms with Crippen LogP contribution in [0.15, 0.2) is 24.3 Å². The molecule has 1 heterocycles. The fraction of sp³-hybridized carbons (Fsp3) is 0.476. The molecule has 12 nitrogen and oxygen atoms in total. The van der Waals surface area contributed by atoms with Gasteiger partial charge in [-0.3, -0.25) is 19.2 Å². The Kier molecular flexibility index (Phi) is 9.16. The van der Waals surface area contributed by atoms with E-state index in [2.05, 4.69) is 10.6 Å².